The fourth-order valence-electron chi connectivity index (χ4n) is 0.981. The molecule has 0 unspecified atom stereocenters. The molecule has 2 heterocycles. The minimum atomic E-state index is -0.391. The SMILES string of the molecule is Fc1cncc(-c2coc(=S)[nH]2)c1. The van der Waals surface area contributed by atoms with Gasteiger partial charge in [-0.1, -0.05) is 0 Å². The van der Waals surface area contributed by atoms with Gasteiger partial charge in [0, 0.05) is 11.8 Å². The molecule has 1 N–H and O–H groups in total. The van der Waals surface area contributed by atoms with Crippen molar-refractivity contribution >= 4 is 12.2 Å². The molecule has 5 heteroatoms. The van der Waals surface area contributed by atoms with E-state index in [-0.39, 0.29) is 4.84 Å². The fraction of sp³-hybridized carbons (Fsp3) is 0. The zero-order valence-corrected chi connectivity index (χ0v) is 7.27. The molecule has 13 heavy (non-hydrogen) atoms. The van der Waals surface area contributed by atoms with E-state index in [9.17, 15) is 4.39 Å². The molecule has 0 saturated heterocycles. The summed E-state index contributed by atoms with van der Waals surface area (Å²) in [7, 11) is 0. The number of H-pyrrole nitrogens is 1. The van der Waals surface area contributed by atoms with Gasteiger partial charge < -0.3 is 9.40 Å². The largest absolute Gasteiger partial charge is 0.437 e. The molecule has 2 aromatic rings. The molecule has 66 valence electrons. The van der Waals surface area contributed by atoms with Gasteiger partial charge in [0.1, 0.15) is 12.1 Å². The molecular formula is C8H5FN2OS. The zero-order valence-electron chi connectivity index (χ0n) is 6.45. The zero-order chi connectivity index (χ0) is 9.26. The van der Waals surface area contributed by atoms with Crippen molar-refractivity contribution in [3.63, 3.8) is 0 Å². The molecular weight excluding hydrogens is 191 g/mol. The molecule has 0 aliphatic rings. The Morgan fingerprint density at radius 2 is 2.31 bits per heavy atom. The summed E-state index contributed by atoms with van der Waals surface area (Å²) in [5.41, 5.74) is 1.23. The van der Waals surface area contributed by atoms with Crippen molar-refractivity contribution < 1.29 is 8.81 Å². The number of hydrogen-bond acceptors (Lipinski definition) is 3. The van der Waals surface area contributed by atoms with E-state index in [1.165, 1.54) is 18.5 Å². The van der Waals surface area contributed by atoms with E-state index >= 15 is 0 Å². The second kappa shape index (κ2) is 3.10. The van der Waals surface area contributed by atoms with Crippen LogP contribution in [0.4, 0.5) is 4.39 Å². The number of aromatic amines is 1. The van der Waals surface area contributed by atoms with Crippen LogP contribution in [0.2, 0.25) is 0 Å². The van der Waals surface area contributed by atoms with Crippen LogP contribution in [0.25, 0.3) is 11.3 Å². The van der Waals surface area contributed by atoms with Crippen molar-refractivity contribution in [3.05, 3.63) is 35.4 Å². The smallest absolute Gasteiger partial charge is 0.266 e. The highest BCUT2D eigenvalue weighted by Gasteiger charge is 2.01. The van der Waals surface area contributed by atoms with Gasteiger partial charge in [-0.25, -0.2) is 4.39 Å². The molecule has 2 rings (SSSR count). The van der Waals surface area contributed by atoms with E-state index in [1.807, 2.05) is 0 Å². The van der Waals surface area contributed by atoms with Gasteiger partial charge in [0.15, 0.2) is 0 Å². The van der Waals surface area contributed by atoms with E-state index in [4.69, 9.17) is 16.6 Å². The third-order valence-electron chi connectivity index (χ3n) is 1.54. The Bertz CT molecular complexity index is 477. The maximum Gasteiger partial charge on any atom is 0.266 e. The van der Waals surface area contributed by atoms with Gasteiger partial charge in [-0.05, 0) is 18.3 Å². The quantitative estimate of drug-likeness (QED) is 0.712. The second-order valence-corrected chi connectivity index (χ2v) is 2.82. The van der Waals surface area contributed by atoms with Crippen molar-refractivity contribution in [2.45, 2.75) is 0 Å². The van der Waals surface area contributed by atoms with Crippen LogP contribution >= 0.6 is 12.2 Å². The summed E-state index contributed by atoms with van der Waals surface area (Å²) >= 11 is 4.73. The van der Waals surface area contributed by atoms with Gasteiger partial charge in [-0.15, -0.1) is 0 Å². The Morgan fingerprint density at radius 3 is 2.92 bits per heavy atom. The lowest BCUT2D eigenvalue weighted by atomic mass is 10.2. The molecule has 0 aliphatic heterocycles. The van der Waals surface area contributed by atoms with Crippen LogP contribution in [-0.4, -0.2) is 9.97 Å². The molecule has 0 radical (unpaired) electrons. The lowest BCUT2D eigenvalue weighted by molar-refractivity contribution is 0.541. The minimum absolute atomic E-state index is 0.263. The summed E-state index contributed by atoms with van der Waals surface area (Å²) < 4.78 is 17.6. The number of rotatable bonds is 1. The third-order valence-corrected chi connectivity index (χ3v) is 1.73. The number of aromatic nitrogens is 2. The molecule has 0 amide bonds. The topological polar surface area (TPSA) is 41.8 Å². The number of nitrogens with zero attached hydrogens (tertiary/aromatic N) is 1. The van der Waals surface area contributed by atoms with Crippen molar-refractivity contribution in [1.82, 2.24) is 9.97 Å². The monoisotopic (exact) mass is 196 g/mol. The fourth-order valence-corrected chi connectivity index (χ4v) is 1.14. The van der Waals surface area contributed by atoms with Gasteiger partial charge >= 0.3 is 0 Å². The maximum atomic E-state index is 12.7. The van der Waals surface area contributed by atoms with Crippen LogP contribution in [0.5, 0.6) is 0 Å². The molecule has 0 atom stereocenters. The first-order chi connectivity index (χ1) is 6.25. The first-order valence-corrected chi connectivity index (χ1v) is 3.95. The van der Waals surface area contributed by atoms with Crippen LogP contribution in [-0.2, 0) is 0 Å². The molecule has 0 saturated carbocycles. The highest BCUT2D eigenvalue weighted by Crippen LogP contribution is 2.16. The van der Waals surface area contributed by atoms with E-state index in [0.717, 1.165) is 6.20 Å². The number of hydrogen-bond donors (Lipinski definition) is 1. The number of pyridine rings is 1. The van der Waals surface area contributed by atoms with Gasteiger partial charge in [0.2, 0.25) is 0 Å². The first kappa shape index (κ1) is 8.12. The van der Waals surface area contributed by atoms with Crippen LogP contribution in [0.3, 0.4) is 0 Å². The summed E-state index contributed by atoms with van der Waals surface area (Å²) in [5.74, 6) is -0.391. The summed E-state index contributed by atoms with van der Waals surface area (Å²) in [5, 5.41) is 0. The number of oxazole rings is 1. The summed E-state index contributed by atoms with van der Waals surface area (Å²) in [6.45, 7) is 0. The van der Waals surface area contributed by atoms with Crippen LogP contribution in [0.1, 0.15) is 0 Å². The molecule has 3 nitrogen and oxygen atoms in total. The van der Waals surface area contributed by atoms with Gasteiger partial charge in [0.05, 0.1) is 11.9 Å². The van der Waals surface area contributed by atoms with Crippen molar-refractivity contribution in [3.8, 4) is 11.3 Å². The third kappa shape index (κ3) is 1.65. The Kier molecular flexibility index (Phi) is 1.94. The summed E-state index contributed by atoms with van der Waals surface area (Å²) in [6.07, 6.45) is 4.09. The predicted molar refractivity (Wildman–Crippen MR) is 47.1 cm³/mol. The average Bonchev–Trinajstić information content (AvgIpc) is 2.52. The Hall–Kier alpha value is -1.49. The van der Waals surface area contributed by atoms with E-state index in [2.05, 4.69) is 9.97 Å². The lowest BCUT2D eigenvalue weighted by Crippen LogP contribution is -1.82. The second-order valence-electron chi connectivity index (χ2n) is 2.45. The average molecular weight is 196 g/mol. The maximum absolute atomic E-state index is 12.7. The van der Waals surface area contributed by atoms with Crippen molar-refractivity contribution in [2.75, 3.05) is 0 Å². The number of nitrogens with one attached hydrogen (secondary N) is 1. The van der Waals surface area contributed by atoms with E-state index in [0.29, 0.717) is 11.3 Å². The highest BCUT2D eigenvalue weighted by atomic mass is 32.1. The Labute approximate surface area is 78.2 Å². The molecule has 0 spiro atoms. The lowest BCUT2D eigenvalue weighted by Gasteiger charge is -1.93. The molecule has 2 aromatic heterocycles. The number of halogens is 1. The van der Waals surface area contributed by atoms with Gasteiger partial charge in [-0.3, -0.25) is 4.98 Å². The summed E-state index contributed by atoms with van der Waals surface area (Å²) in [4.78, 5) is 6.72. The Morgan fingerprint density at radius 1 is 1.46 bits per heavy atom. The normalized spacial score (nSPS) is 10.2. The van der Waals surface area contributed by atoms with Crippen LogP contribution < -0.4 is 0 Å². The van der Waals surface area contributed by atoms with Crippen LogP contribution in [0, 0.1) is 10.7 Å². The van der Waals surface area contributed by atoms with Gasteiger partial charge in [-0.2, -0.15) is 0 Å². The van der Waals surface area contributed by atoms with E-state index < -0.39 is 5.82 Å². The van der Waals surface area contributed by atoms with Crippen molar-refractivity contribution in [1.29, 1.82) is 0 Å². The molecule has 0 aromatic carbocycles. The van der Waals surface area contributed by atoms with E-state index in [1.54, 1.807) is 0 Å². The van der Waals surface area contributed by atoms with Gasteiger partial charge in [0.25, 0.3) is 4.84 Å². The molecule has 0 bridgehead atoms. The highest BCUT2D eigenvalue weighted by molar-refractivity contribution is 7.71. The standard InChI is InChI=1S/C8H5FN2OS/c9-6-1-5(2-10-3-6)7-4-12-8(13)11-7/h1-4H,(H,11,13). The first-order valence-electron chi connectivity index (χ1n) is 3.54. The summed E-state index contributed by atoms with van der Waals surface area (Å²) in [6, 6.07) is 1.35. The molecule has 0 fully saturated rings. The van der Waals surface area contributed by atoms with Crippen LogP contribution in [0.15, 0.2) is 29.1 Å². The molecule has 0 aliphatic carbocycles. The minimum Gasteiger partial charge on any atom is -0.437 e. The predicted octanol–water partition coefficient (Wildman–Crippen LogP) is 2.54. The van der Waals surface area contributed by atoms with Crippen molar-refractivity contribution in [2.24, 2.45) is 0 Å². The Balaban J connectivity index is 2.52.